The van der Waals surface area contributed by atoms with Crippen molar-refractivity contribution in [2.75, 3.05) is 25.0 Å². The molecule has 0 atom stereocenters. The predicted molar refractivity (Wildman–Crippen MR) is 110 cm³/mol. The summed E-state index contributed by atoms with van der Waals surface area (Å²) in [6.07, 6.45) is 1.64. The fraction of sp³-hybridized carbons (Fsp3) is 0.286. The Morgan fingerprint density at radius 1 is 1.14 bits per heavy atom. The van der Waals surface area contributed by atoms with Gasteiger partial charge in [0.1, 0.15) is 17.3 Å². The first-order chi connectivity index (χ1) is 13.4. The minimum absolute atomic E-state index is 0.104. The summed E-state index contributed by atoms with van der Waals surface area (Å²) >= 11 is 3.27. The fourth-order valence-electron chi connectivity index (χ4n) is 3.79. The van der Waals surface area contributed by atoms with Crippen molar-refractivity contribution in [2.24, 2.45) is 0 Å². The summed E-state index contributed by atoms with van der Waals surface area (Å²) in [5.74, 6) is -0.757. The van der Waals surface area contributed by atoms with Gasteiger partial charge in [0.05, 0.1) is 5.52 Å². The molecule has 146 valence electrons. The first-order valence-electron chi connectivity index (χ1n) is 9.18. The Labute approximate surface area is 170 Å². The van der Waals surface area contributed by atoms with Crippen LogP contribution in [0.1, 0.15) is 23.3 Å². The second kappa shape index (κ2) is 7.54. The van der Waals surface area contributed by atoms with E-state index < -0.39 is 0 Å². The molecule has 1 aliphatic rings. The molecule has 1 saturated heterocycles. The maximum atomic E-state index is 14.1. The number of carbonyl (C=O) groups is 1. The molecular weight excluding hydrogens is 428 g/mol. The molecule has 2 heterocycles. The van der Waals surface area contributed by atoms with Crippen LogP contribution in [0, 0.1) is 11.6 Å². The van der Waals surface area contributed by atoms with E-state index in [1.807, 2.05) is 0 Å². The smallest absolute Gasteiger partial charge is 0.270 e. The van der Waals surface area contributed by atoms with Crippen LogP contribution in [0.5, 0.6) is 0 Å². The van der Waals surface area contributed by atoms with Crippen molar-refractivity contribution < 1.29 is 13.6 Å². The van der Waals surface area contributed by atoms with Gasteiger partial charge in [0, 0.05) is 41.7 Å². The number of carbonyl (C=O) groups excluding carboxylic acids is 1. The second-order valence-electron chi connectivity index (χ2n) is 7.14. The molecule has 0 spiro atoms. The predicted octanol–water partition coefficient (Wildman–Crippen LogP) is 4.95. The van der Waals surface area contributed by atoms with Crippen molar-refractivity contribution in [3.8, 4) is 0 Å². The van der Waals surface area contributed by atoms with Crippen LogP contribution in [0.15, 0.2) is 46.9 Å². The summed E-state index contributed by atoms with van der Waals surface area (Å²) in [6.45, 7) is 1.59. The lowest BCUT2D eigenvalue weighted by Gasteiger charge is -2.37. The van der Waals surface area contributed by atoms with Gasteiger partial charge >= 0.3 is 0 Å². The highest BCUT2D eigenvalue weighted by atomic mass is 79.9. The van der Waals surface area contributed by atoms with E-state index in [0.29, 0.717) is 21.1 Å². The van der Waals surface area contributed by atoms with Gasteiger partial charge in [-0.15, -0.1) is 0 Å². The number of hydrogen-bond donors (Lipinski definition) is 1. The molecule has 1 N–H and O–H groups in total. The fourth-order valence-corrected chi connectivity index (χ4v) is 4.22. The van der Waals surface area contributed by atoms with Gasteiger partial charge in [-0.2, -0.15) is 0 Å². The number of anilines is 1. The lowest BCUT2D eigenvalue weighted by molar-refractivity contribution is 0.0704. The minimum atomic E-state index is -0.366. The first-order valence-corrected chi connectivity index (χ1v) is 9.97. The van der Waals surface area contributed by atoms with Crippen LogP contribution in [0.3, 0.4) is 0 Å². The van der Waals surface area contributed by atoms with Crippen molar-refractivity contribution in [2.45, 2.75) is 18.9 Å². The van der Waals surface area contributed by atoms with E-state index in [2.05, 4.69) is 25.8 Å². The van der Waals surface area contributed by atoms with Gasteiger partial charge in [0.25, 0.3) is 5.91 Å². The molecule has 1 amide bonds. The molecule has 28 heavy (non-hydrogen) atoms. The number of aromatic amines is 1. The number of H-pyrrole nitrogens is 1. The Hall–Kier alpha value is -2.41. The lowest BCUT2D eigenvalue weighted by Crippen LogP contribution is -2.45. The van der Waals surface area contributed by atoms with Gasteiger partial charge in [-0.3, -0.25) is 4.79 Å². The van der Waals surface area contributed by atoms with Gasteiger partial charge in [-0.05, 0) is 55.3 Å². The van der Waals surface area contributed by atoms with Crippen molar-refractivity contribution in [1.82, 2.24) is 9.88 Å². The molecule has 7 heteroatoms. The maximum Gasteiger partial charge on any atom is 0.270 e. The van der Waals surface area contributed by atoms with E-state index in [-0.39, 0.29) is 23.6 Å². The quantitative estimate of drug-likeness (QED) is 0.616. The van der Waals surface area contributed by atoms with Crippen molar-refractivity contribution in [1.29, 1.82) is 0 Å². The highest BCUT2D eigenvalue weighted by Gasteiger charge is 2.27. The van der Waals surface area contributed by atoms with E-state index >= 15 is 0 Å². The van der Waals surface area contributed by atoms with E-state index in [0.717, 1.165) is 31.6 Å². The van der Waals surface area contributed by atoms with Gasteiger partial charge in [0.2, 0.25) is 0 Å². The summed E-state index contributed by atoms with van der Waals surface area (Å²) in [6, 6.07) is 11.3. The lowest BCUT2D eigenvalue weighted by atomic mass is 10.0. The zero-order valence-corrected chi connectivity index (χ0v) is 17.0. The summed E-state index contributed by atoms with van der Waals surface area (Å²) in [4.78, 5) is 19.9. The maximum absolute atomic E-state index is 14.1. The Balaban J connectivity index is 1.45. The minimum Gasteiger partial charge on any atom is -0.371 e. The number of aromatic nitrogens is 1. The topological polar surface area (TPSA) is 39.3 Å². The molecule has 1 aliphatic heterocycles. The van der Waals surface area contributed by atoms with Gasteiger partial charge < -0.3 is 14.8 Å². The van der Waals surface area contributed by atoms with Crippen molar-refractivity contribution in [3.05, 3.63) is 64.3 Å². The molecular formula is C21H20BrF2N3O. The molecule has 1 fully saturated rings. The average Bonchev–Trinajstić information content (AvgIpc) is 3.12. The van der Waals surface area contributed by atoms with E-state index in [1.54, 1.807) is 36.2 Å². The Morgan fingerprint density at radius 3 is 2.50 bits per heavy atom. The summed E-state index contributed by atoms with van der Waals surface area (Å²) in [7, 11) is 1.79. The zero-order valence-electron chi connectivity index (χ0n) is 15.4. The normalized spacial score (nSPS) is 15.2. The second-order valence-corrected chi connectivity index (χ2v) is 8.06. The Morgan fingerprint density at radius 2 is 1.82 bits per heavy atom. The van der Waals surface area contributed by atoms with Crippen LogP contribution in [-0.2, 0) is 0 Å². The van der Waals surface area contributed by atoms with Gasteiger partial charge in [-0.25, -0.2) is 8.78 Å². The SMILES string of the molecule is CN(C(=O)c1cc2c(F)cc(Br)cc2[nH]1)C1CCN(c2ccc(F)cc2)CC1. The number of hydrogen-bond acceptors (Lipinski definition) is 2. The first kappa shape index (κ1) is 18.9. The highest BCUT2D eigenvalue weighted by Crippen LogP contribution is 2.26. The number of halogens is 3. The standard InChI is InChI=1S/C21H20BrF2N3O/c1-26(15-6-8-27(9-7-15)16-4-2-14(23)3-5-16)21(28)20-12-17-18(24)10-13(22)11-19(17)25-20/h2-5,10-12,15,25H,6-9H2,1H3. The average molecular weight is 448 g/mol. The van der Waals surface area contributed by atoms with Crippen molar-refractivity contribution in [3.63, 3.8) is 0 Å². The van der Waals surface area contributed by atoms with E-state index in [1.165, 1.54) is 18.2 Å². The summed E-state index contributed by atoms with van der Waals surface area (Å²) in [5.41, 5.74) is 1.97. The van der Waals surface area contributed by atoms with Gasteiger partial charge in [0.15, 0.2) is 0 Å². The third kappa shape index (κ3) is 3.63. The van der Waals surface area contributed by atoms with Gasteiger partial charge in [-0.1, -0.05) is 15.9 Å². The molecule has 2 aromatic carbocycles. The van der Waals surface area contributed by atoms with Crippen molar-refractivity contribution >= 4 is 38.4 Å². The Kier molecular flexibility index (Phi) is 5.10. The molecule has 4 nitrogen and oxygen atoms in total. The molecule has 3 aromatic rings. The number of piperidine rings is 1. The molecule has 0 unspecified atom stereocenters. The van der Waals surface area contributed by atoms with E-state index in [4.69, 9.17) is 0 Å². The molecule has 4 rings (SSSR count). The monoisotopic (exact) mass is 447 g/mol. The van der Waals surface area contributed by atoms with Crippen LogP contribution in [-0.4, -0.2) is 42.0 Å². The molecule has 0 saturated carbocycles. The summed E-state index contributed by atoms with van der Waals surface area (Å²) in [5, 5.41) is 0.408. The summed E-state index contributed by atoms with van der Waals surface area (Å²) < 4.78 is 27.8. The number of nitrogens with one attached hydrogen (secondary N) is 1. The van der Waals surface area contributed by atoms with E-state index in [9.17, 15) is 13.6 Å². The number of nitrogens with zero attached hydrogens (tertiary/aromatic N) is 2. The molecule has 0 aliphatic carbocycles. The third-order valence-corrected chi connectivity index (χ3v) is 5.86. The number of fused-ring (bicyclic) bond motifs is 1. The van der Waals surface area contributed by atoms with Crippen LogP contribution >= 0.6 is 15.9 Å². The van der Waals surface area contributed by atoms with Crippen LogP contribution in [0.4, 0.5) is 14.5 Å². The third-order valence-electron chi connectivity index (χ3n) is 5.41. The molecule has 0 radical (unpaired) electrons. The molecule has 0 bridgehead atoms. The number of benzene rings is 2. The largest absolute Gasteiger partial charge is 0.371 e. The molecule has 1 aromatic heterocycles. The Bertz CT molecular complexity index is 1010. The van der Waals surface area contributed by atoms with Crippen LogP contribution < -0.4 is 4.90 Å². The highest BCUT2D eigenvalue weighted by molar-refractivity contribution is 9.10. The zero-order chi connectivity index (χ0) is 19.8. The van der Waals surface area contributed by atoms with Crippen LogP contribution in [0.2, 0.25) is 0 Å². The van der Waals surface area contributed by atoms with Crippen LogP contribution in [0.25, 0.3) is 10.9 Å². The number of amides is 1. The number of rotatable bonds is 3.